The molecule has 0 fully saturated rings. The van der Waals surface area contributed by atoms with Crippen molar-refractivity contribution in [2.24, 2.45) is 0 Å². The van der Waals surface area contributed by atoms with Crippen LogP contribution in [0, 0.1) is 0 Å². The molecule has 0 N–H and O–H groups in total. The summed E-state index contributed by atoms with van der Waals surface area (Å²) in [5.74, 6) is 0.157. The monoisotopic (exact) mass is 181 g/mol. The summed E-state index contributed by atoms with van der Waals surface area (Å²) in [6.07, 6.45) is 0.396. The lowest BCUT2D eigenvalue weighted by atomic mass is 10.4. The Morgan fingerprint density at radius 3 is 2.46 bits per heavy atom. The Hall–Kier alpha value is -2.11. The van der Waals surface area contributed by atoms with Gasteiger partial charge in [-0.1, -0.05) is 0 Å². The van der Waals surface area contributed by atoms with Gasteiger partial charge < -0.3 is 14.2 Å². The van der Waals surface area contributed by atoms with E-state index < -0.39 is 12.3 Å². The predicted octanol–water partition coefficient (Wildman–Crippen LogP) is 1.11. The van der Waals surface area contributed by atoms with Crippen molar-refractivity contribution in [2.75, 3.05) is 0 Å². The summed E-state index contributed by atoms with van der Waals surface area (Å²) in [4.78, 5) is 25.0. The number of aromatic nitrogens is 1. The second-order valence-electron chi connectivity index (χ2n) is 2.13. The number of ether oxygens (including phenoxy) is 3. The highest BCUT2D eigenvalue weighted by Crippen LogP contribution is 2.27. The van der Waals surface area contributed by atoms with E-state index in [1.807, 2.05) is 0 Å². The third kappa shape index (κ3) is 1.41. The molecule has 6 heteroatoms. The molecule has 66 valence electrons. The number of carbonyl (C=O) groups excluding carboxylic acids is 2. The Kier molecular flexibility index (Phi) is 1.59. The lowest BCUT2D eigenvalue weighted by Crippen LogP contribution is -2.14. The molecule has 0 bridgehead atoms. The topological polar surface area (TPSA) is 74.7 Å². The average Bonchev–Trinajstić information content (AvgIpc) is 2.20. The Balaban J connectivity index is 2.43. The van der Waals surface area contributed by atoms with Gasteiger partial charge >= 0.3 is 12.3 Å². The first-order valence-electron chi connectivity index (χ1n) is 3.31. The molecule has 0 saturated carbocycles. The van der Waals surface area contributed by atoms with Crippen LogP contribution in [0.1, 0.15) is 0 Å². The molecule has 1 aromatic rings. The largest absolute Gasteiger partial charge is 0.524 e. The smallest absolute Gasteiger partial charge is 0.390 e. The van der Waals surface area contributed by atoms with Crippen molar-refractivity contribution in [1.29, 1.82) is 0 Å². The third-order valence-corrected chi connectivity index (χ3v) is 1.30. The van der Waals surface area contributed by atoms with Gasteiger partial charge in [-0.25, -0.2) is 9.59 Å². The Morgan fingerprint density at radius 2 is 1.69 bits per heavy atom. The molecular weight excluding hydrogens is 178 g/mol. The van der Waals surface area contributed by atoms with Gasteiger partial charge in [-0.05, 0) is 0 Å². The van der Waals surface area contributed by atoms with Crippen molar-refractivity contribution in [3.63, 3.8) is 0 Å². The van der Waals surface area contributed by atoms with E-state index in [-0.39, 0.29) is 11.5 Å². The highest BCUT2D eigenvalue weighted by molar-refractivity contribution is 5.82. The van der Waals surface area contributed by atoms with Crippen LogP contribution in [0.5, 0.6) is 11.5 Å². The van der Waals surface area contributed by atoms with Crippen molar-refractivity contribution >= 4 is 12.3 Å². The zero-order chi connectivity index (χ0) is 9.26. The molecule has 0 spiro atoms. The van der Waals surface area contributed by atoms with E-state index in [0.717, 1.165) is 0 Å². The van der Waals surface area contributed by atoms with Crippen molar-refractivity contribution < 1.29 is 23.8 Å². The fourth-order valence-corrected chi connectivity index (χ4v) is 0.817. The van der Waals surface area contributed by atoms with Crippen molar-refractivity contribution in [3.8, 4) is 11.5 Å². The van der Waals surface area contributed by atoms with E-state index in [1.165, 1.54) is 18.5 Å². The van der Waals surface area contributed by atoms with E-state index in [1.54, 1.807) is 0 Å². The van der Waals surface area contributed by atoms with Crippen molar-refractivity contribution in [2.45, 2.75) is 0 Å². The minimum atomic E-state index is -1.13. The maximum atomic E-state index is 10.7. The molecule has 0 amide bonds. The number of hydrogen-bond acceptors (Lipinski definition) is 6. The lowest BCUT2D eigenvalue weighted by molar-refractivity contribution is 0.0998. The molecule has 0 unspecified atom stereocenters. The molecule has 1 aliphatic heterocycles. The molecule has 0 radical (unpaired) electrons. The second-order valence-corrected chi connectivity index (χ2v) is 2.13. The van der Waals surface area contributed by atoms with E-state index >= 15 is 0 Å². The summed E-state index contributed by atoms with van der Waals surface area (Å²) in [5.41, 5.74) is 0. The highest BCUT2D eigenvalue weighted by atomic mass is 16.8. The first-order valence-corrected chi connectivity index (χ1v) is 3.31. The Bertz CT molecular complexity index is 340. The zero-order valence-electron chi connectivity index (χ0n) is 6.22. The van der Waals surface area contributed by atoms with Crippen LogP contribution in [0.2, 0.25) is 0 Å². The third-order valence-electron chi connectivity index (χ3n) is 1.30. The number of rotatable bonds is 0. The molecule has 2 heterocycles. The van der Waals surface area contributed by atoms with Gasteiger partial charge in [-0.3, -0.25) is 4.98 Å². The standard InChI is InChI=1S/C7H3NO5/c9-6-11-4-1-2-8-3-5(4)12-7(10)13-6/h1-3H. The summed E-state index contributed by atoms with van der Waals surface area (Å²) >= 11 is 0. The van der Waals surface area contributed by atoms with Gasteiger partial charge in [0.2, 0.25) is 0 Å². The van der Waals surface area contributed by atoms with Crippen LogP contribution in [-0.2, 0) is 4.74 Å². The van der Waals surface area contributed by atoms with Crippen LogP contribution in [0.15, 0.2) is 18.5 Å². The summed E-state index contributed by atoms with van der Waals surface area (Å²) < 4.78 is 13.2. The fraction of sp³-hybridized carbons (Fsp3) is 0. The normalized spacial score (nSPS) is 14.8. The number of fused-ring (bicyclic) bond motifs is 1. The van der Waals surface area contributed by atoms with Crippen LogP contribution in [0.3, 0.4) is 0 Å². The molecule has 0 saturated heterocycles. The Labute approximate surface area is 72.0 Å². The van der Waals surface area contributed by atoms with Crippen LogP contribution in [-0.4, -0.2) is 17.3 Å². The van der Waals surface area contributed by atoms with E-state index in [0.29, 0.717) is 0 Å². The van der Waals surface area contributed by atoms with E-state index in [2.05, 4.69) is 19.2 Å². The molecule has 2 rings (SSSR count). The van der Waals surface area contributed by atoms with E-state index in [9.17, 15) is 9.59 Å². The lowest BCUT2D eigenvalue weighted by Gasteiger charge is -1.98. The highest BCUT2D eigenvalue weighted by Gasteiger charge is 2.23. The average molecular weight is 181 g/mol. The van der Waals surface area contributed by atoms with Gasteiger partial charge in [0.25, 0.3) is 0 Å². The van der Waals surface area contributed by atoms with Crippen LogP contribution in [0.25, 0.3) is 0 Å². The number of nitrogens with zero attached hydrogens (tertiary/aromatic N) is 1. The van der Waals surface area contributed by atoms with Gasteiger partial charge in [0.1, 0.15) is 0 Å². The number of pyridine rings is 1. The molecule has 6 nitrogen and oxygen atoms in total. The summed E-state index contributed by atoms with van der Waals surface area (Å²) in [6.45, 7) is 0. The summed E-state index contributed by atoms with van der Waals surface area (Å²) in [5, 5.41) is 0. The molecule has 0 aliphatic carbocycles. The van der Waals surface area contributed by atoms with Gasteiger partial charge in [-0.2, -0.15) is 0 Å². The quantitative estimate of drug-likeness (QED) is 0.440. The second kappa shape index (κ2) is 2.74. The SMILES string of the molecule is O=C1OC(=O)Oc2cnccc2O1. The summed E-state index contributed by atoms with van der Waals surface area (Å²) in [7, 11) is 0. The molecule has 13 heavy (non-hydrogen) atoms. The van der Waals surface area contributed by atoms with Gasteiger partial charge in [0.05, 0.1) is 6.20 Å². The van der Waals surface area contributed by atoms with Crippen LogP contribution >= 0.6 is 0 Å². The first-order chi connectivity index (χ1) is 6.25. The summed E-state index contributed by atoms with van der Waals surface area (Å²) in [6, 6.07) is 1.38. The minimum Gasteiger partial charge on any atom is -0.390 e. The predicted molar refractivity (Wildman–Crippen MR) is 37.4 cm³/mol. The number of carbonyl (C=O) groups is 2. The molecule has 1 aromatic heterocycles. The molecular formula is C7H3NO5. The first kappa shape index (κ1) is 7.53. The van der Waals surface area contributed by atoms with Crippen molar-refractivity contribution in [3.05, 3.63) is 18.5 Å². The maximum Gasteiger partial charge on any atom is 0.524 e. The minimum absolute atomic E-state index is 0.0540. The molecule has 0 atom stereocenters. The maximum absolute atomic E-state index is 10.7. The van der Waals surface area contributed by atoms with Crippen molar-refractivity contribution in [1.82, 2.24) is 4.98 Å². The molecule has 1 aliphatic rings. The fourth-order valence-electron chi connectivity index (χ4n) is 0.817. The van der Waals surface area contributed by atoms with Gasteiger partial charge in [-0.15, -0.1) is 0 Å². The van der Waals surface area contributed by atoms with Gasteiger partial charge in [0.15, 0.2) is 11.5 Å². The van der Waals surface area contributed by atoms with Gasteiger partial charge in [0, 0.05) is 12.3 Å². The number of hydrogen-bond donors (Lipinski definition) is 0. The number of cyclic esters (lactones) is 2. The molecule has 0 aromatic carbocycles. The van der Waals surface area contributed by atoms with Crippen LogP contribution < -0.4 is 9.47 Å². The van der Waals surface area contributed by atoms with E-state index in [4.69, 9.17) is 0 Å². The Morgan fingerprint density at radius 1 is 1.00 bits per heavy atom. The van der Waals surface area contributed by atoms with Crippen LogP contribution in [0.4, 0.5) is 9.59 Å². The zero-order valence-corrected chi connectivity index (χ0v) is 6.22.